The van der Waals surface area contributed by atoms with Crippen LogP contribution in [-0.4, -0.2) is 61.2 Å². The van der Waals surface area contributed by atoms with Crippen molar-refractivity contribution in [2.75, 3.05) is 26.3 Å². The van der Waals surface area contributed by atoms with Gasteiger partial charge in [-0.2, -0.15) is 9.40 Å². The molecular formula is C10H16N4O4S. The zero-order valence-electron chi connectivity index (χ0n) is 10.5. The zero-order valence-corrected chi connectivity index (χ0v) is 11.3. The van der Waals surface area contributed by atoms with Gasteiger partial charge in [0.2, 0.25) is 15.9 Å². The van der Waals surface area contributed by atoms with Crippen LogP contribution in [0.25, 0.3) is 0 Å². The number of hydrogen-bond acceptors (Lipinski definition) is 5. The van der Waals surface area contributed by atoms with Gasteiger partial charge in [0.1, 0.15) is 10.9 Å². The Morgan fingerprint density at radius 2 is 2.47 bits per heavy atom. The van der Waals surface area contributed by atoms with Crippen LogP contribution < -0.4 is 5.32 Å². The molecule has 1 aromatic rings. The van der Waals surface area contributed by atoms with Gasteiger partial charge in [-0.15, -0.1) is 0 Å². The maximum absolute atomic E-state index is 12.4. The Morgan fingerprint density at radius 3 is 3.11 bits per heavy atom. The highest BCUT2D eigenvalue weighted by Crippen LogP contribution is 2.19. The van der Waals surface area contributed by atoms with Gasteiger partial charge in [-0.05, 0) is 6.92 Å². The molecule has 0 saturated carbocycles. The van der Waals surface area contributed by atoms with Gasteiger partial charge < -0.3 is 10.1 Å². The third kappa shape index (κ3) is 2.77. The van der Waals surface area contributed by atoms with Crippen LogP contribution in [0.5, 0.6) is 0 Å². The molecule has 2 rings (SSSR count). The second kappa shape index (κ2) is 5.68. The first-order valence-electron chi connectivity index (χ1n) is 5.93. The number of ether oxygens (including phenoxy) is 1. The summed E-state index contributed by atoms with van der Waals surface area (Å²) in [7, 11) is -3.73. The van der Waals surface area contributed by atoms with E-state index in [1.54, 1.807) is 6.92 Å². The van der Waals surface area contributed by atoms with Crippen LogP contribution in [0.3, 0.4) is 0 Å². The maximum atomic E-state index is 12.4. The molecule has 1 amide bonds. The minimum Gasteiger partial charge on any atom is -0.378 e. The molecule has 8 nitrogen and oxygen atoms in total. The number of amides is 1. The van der Waals surface area contributed by atoms with Gasteiger partial charge in [-0.25, -0.2) is 8.42 Å². The predicted molar refractivity (Wildman–Crippen MR) is 65.8 cm³/mol. The average molecular weight is 288 g/mol. The van der Waals surface area contributed by atoms with Crippen molar-refractivity contribution < 1.29 is 17.9 Å². The lowest BCUT2D eigenvalue weighted by Gasteiger charge is -2.33. The van der Waals surface area contributed by atoms with E-state index in [0.29, 0.717) is 6.54 Å². The van der Waals surface area contributed by atoms with Crippen molar-refractivity contribution in [1.82, 2.24) is 19.8 Å². The van der Waals surface area contributed by atoms with Crippen LogP contribution in [-0.2, 0) is 19.6 Å². The fraction of sp³-hybridized carbons (Fsp3) is 0.600. The molecule has 2 N–H and O–H groups in total. The Labute approximate surface area is 111 Å². The number of rotatable bonds is 4. The van der Waals surface area contributed by atoms with E-state index in [-0.39, 0.29) is 30.6 Å². The first-order valence-corrected chi connectivity index (χ1v) is 7.37. The van der Waals surface area contributed by atoms with Crippen LogP contribution in [0.4, 0.5) is 0 Å². The fourth-order valence-corrected chi connectivity index (χ4v) is 3.36. The van der Waals surface area contributed by atoms with Crippen LogP contribution in [0, 0.1) is 0 Å². The van der Waals surface area contributed by atoms with E-state index in [1.807, 2.05) is 0 Å². The molecule has 1 aromatic heterocycles. The van der Waals surface area contributed by atoms with E-state index in [9.17, 15) is 13.2 Å². The molecule has 1 unspecified atom stereocenters. The first-order chi connectivity index (χ1) is 9.07. The minimum absolute atomic E-state index is 0.0451. The number of carbonyl (C=O) groups is 1. The van der Waals surface area contributed by atoms with Crippen LogP contribution >= 0.6 is 0 Å². The summed E-state index contributed by atoms with van der Waals surface area (Å²) >= 11 is 0. The summed E-state index contributed by atoms with van der Waals surface area (Å²) in [5.41, 5.74) is 0. The molecule has 0 aliphatic carbocycles. The molecule has 19 heavy (non-hydrogen) atoms. The van der Waals surface area contributed by atoms with E-state index in [4.69, 9.17) is 4.74 Å². The largest absolute Gasteiger partial charge is 0.378 e. The predicted octanol–water partition coefficient (Wildman–Crippen LogP) is -1.06. The summed E-state index contributed by atoms with van der Waals surface area (Å²) in [5, 5.41) is 8.70. The number of nitrogens with one attached hydrogen (secondary N) is 2. The van der Waals surface area contributed by atoms with E-state index in [2.05, 4.69) is 15.5 Å². The standard InChI is InChI=1S/C10H16N4O4S/c1-2-11-10(15)9-7-18-4-3-14(9)19(16,17)8-5-12-13-6-8/h5-6,9H,2-4,7H2,1H3,(H,11,15)(H,12,13). The number of morpholine rings is 1. The molecule has 2 heterocycles. The summed E-state index contributed by atoms with van der Waals surface area (Å²) < 4.78 is 31.2. The molecule has 0 aromatic carbocycles. The number of likely N-dealkylation sites (N-methyl/N-ethyl adjacent to an activating group) is 1. The lowest BCUT2D eigenvalue weighted by Crippen LogP contribution is -2.55. The van der Waals surface area contributed by atoms with Crippen LogP contribution in [0.15, 0.2) is 17.3 Å². The number of nitrogens with zero attached hydrogens (tertiary/aromatic N) is 2. The van der Waals surface area contributed by atoms with Gasteiger partial charge in [0, 0.05) is 19.3 Å². The van der Waals surface area contributed by atoms with Crippen molar-refractivity contribution in [3.05, 3.63) is 12.4 Å². The molecule has 1 atom stereocenters. The lowest BCUT2D eigenvalue weighted by atomic mass is 10.2. The zero-order chi connectivity index (χ0) is 13.9. The van der Waals surface area contributed by atoms with Crippen molar-refractivity contribution in [3.63, 3.8) is 0 Å². The number of sulfonamides is 1. The third-order valence-corrected chi connectivity index (χ3v) is 4.69. The van der Waals surface area contributed by atoms with E-state index < -0.39 is 16.1 Å². The minimum atomic E-state index is -3.73. The Bertz CT molecular complexity index is 528. The molecule has 1 aliphatic rings. The summed E-state index contributed by atoms with van der Waals surface area (Å²) in [6.45, 7) is 2.69. The monoisotopic (exact) mass is 288 g/mol. The van der Waals surface area contributed by atoms with Gasteiger partial charge in [-0.3, -0.25) is 9.89 Å². The summed E-state index contributed by atoms with van der Waals surface area (Å²) in [4.78, 5) is 11.9. The Hall–Kier alpha value is -1.45. The van der Waals surface area contributed by atoms with Gasteiger partial charge in [0.05, 0.1) is 19.4 Å². The highest BCUT2D eigenvalue weighted by Gasteiger charge is 2.38. The number of hydrogen-bond donors (Lipinski definition) is 2. The Morgan fingerprint density at radius 1 is 1.68 bits per heavy atom. The lowest BCUT2D eigenvalue weighted by molar-refractivity contribution is -0.129. The maximum Gasteiger partial charge on any atom is 0.247 e. The normalized spacial score (nSPS) is 21.2. The van der Waals surface area contributed by atoms with E-state index >= 15 is 0 Å². The SMILES string of the molecule is CCNC(=O)C1COCCN1S(=O)(=O)c1cn[nH]c1. The number of H-pyrrole nitrogens is 1. The molecule has 9 heteroatoms. The molecular weight excluding hydrogens is 272 g/mol. The Balaban J connectivity index is 2.27. The van der Waals surface area contributed by atoms with Gasteiger partial charge in [0.25, 0.3) is 0 Å². The molecule has 1 aliphatic heterocycles. The van der Waals surface area contributed by atoms with Gasteiger partial charge >= 0.3 is 0 Å². The smallest absolute Gasteiger partial charge is 0.247 e. The van der Waals surface area contributed by atoms with Crippen molar-refractivity contribution in [1.29, 1.82) is 0 Å². The average Bonchev–Trinajstić information content (AvgIpc) is 2.93. The van der Waals surface area contributed by atoms with Crippen molar-refractivity contribution in [3.8, 4) is 0 Å². The summed E-state index contributed by atoms with van der Waals surface area (Å²) in [6, 6.07) is -0.839. The van der Waals surface area contributed by atoms with E-state index in [0.717, 1.165) is 4.31 Å². The molecule has 1 saturated heterocycles. The van der Waals surface area contributed by atoms with Crippen LogP contribution in [0.1, 0.15) is 6.92 Å². The highest BCUT2D eigenvalue weighted by atomic mass is 32.2. The highest BCUT2D eigenvalue weighted by molar-refractivity contribution is 7.89. The van der Waals surface area contributed by atoms with Gasteiger partial charge in [0.15, 0.2) is 0 Å². The van der Waals surface area contributed by atoms with Crippen molar-refractivity contribution in [2.45, 2.75) is 17.9 Å². The topological polar surface area (TPSA) is 104 Å². The third-order valence-electron chi connectivity index (χ3n) is 2.81. The first kappa shape index (κ1) is 14.0. The Kier molecular flexibility index (Phi) is 4.17. The number of aromatic nitrogens is 2. The summed E-state index contributed by atoms with van der Waals surface area (Å²) in [6.07, 6.45) is 2.51. The second-order valence-corrected chi connectivity index (χ2v) is 5.93. The number of carbonyl (C=O) groups excluding carboxylic acids is 1. The van der Waals surface area contributed by atoms with Crippen LogP contribution in [0.2, 0.25) is 0 Å². The number of aromatic amines is 1. The summed E-state index contributed by atoms with van der Waals surface area (Å²) in [5.74, 6) is -0.353. The fourth-order valence-electron chi connectivity index (χ4n) is 1.89. The second-order valence-electron chi connectivity index (χ2n) is 4.04. The molecule has 0 spiro atoms. The van der Waals surface area contributed by atoms with E-state index in [1.165, 1.54) is 12.4 Å². The van der Waals surface area contributed by atoms with Gasteiger partial charge in [-0.1, -0.05) is 0 Å². The molecule has 1 fully saturated rings. The van der Waals surface area contributed by atoms with Crippen molar-refractivity contribution in [2.24, 2.45) is 0 Å². The molecule has 106 valence electrons. The molecule has 0 bridgehead atoms. The molecule has 0 radical (unpaired) electrons. The quantitative estimate of drug-likeness (QED) is 0.734. The van der Waals surface area contributed by atoms with Crippen molar-refractivity contribution >= 4 is 15.9 Å².